The molecule has 550 valence electrons. The first-order valence-electron chi connectivity index (χ1n) is 32.6. The number of nitrogen functional groups attached to an aromatic ring is 1. The summed E-state index contributed by atoms with van der Waals surface area (Å²) in [6.45, 7) is 24.6. The molecule has 8 aromatic rings. The Balaban J connectivity index is 0.000000179. The maximum Gasteiger partial charge on any atom is 0.276 e. The summed E-state index contributed by atoms with van der Waals surface area (Å²) in [6, 6.07) is 6.26. The highest BCUT2D eigenvalue weighted by Gasteiger charge is 2.46. The van der Waals surface area contributed by atoms with E-state index in [9.17, 15) is 40.7 Å². The molecule has 0 saturated carbocycles. The van der Waals surface area contributed by atoms with Gasteiger partial charge in [-0.2, -0.15) is 0 Å². The van der Waals surface area contributed by atoms with Gasteiger partial charge in [0.15, 0.2) is 8.32 Å². The number of aliphatic hydroxyl groups is 4. The standard InChI is InChI=1S/C24H28ClIN4O7.C24H30IN5O7.C19H29Cl2N3O2Si/c1-24(2,3)21(13-5-17(35-4)14(26)6-15(13)30(33)34)36-10-12-8-29(19-7-16(32)18(9-31)37-19)23-20(12)22(25)27-11-28-23;1-24(2,3)21(13-5-17(35-4)14(25)6-15(13)30(33)34)36-10-12-8-29(19-7-16(32)18(9-31)37-19)23-20(12)22(26)27-11-28-23;1-7-13-14(26-27(5,6)19(2,3)4)8-15(25-13)24-10-12(9-20)16-17(21)22-11-23-18(16)24/h5-6,8,11,16,18-19,21,31-32H,7,9-10H2,1-4H3;5-6,8,11,16,18-19,21,31-32H,7,9-10H2,1-4H3,(H2,26,27,28);10-11,13-15H,7-9H2,1-6H3/t2*16?,18-,19-,21-;13-,14?,15-/m111/s1. The normalized spacial score (nSPS) is 21.8. The lowest BCUT2D eigenvalue weighted by atomic mass is 9.83. The molecule has 0 radical (unpaired) electrons. The Morgan fingerprint density at radius 2 is 1.02 bits per heavy atom. The van der Waals surface area contributed by atoms with E-state index in [-0.39, 0.29) is 85.1 Å². The first kappa shape index (κ1) is 79.8. The third kappa shape index (κ3) is 17.3. The van der Waals surface area contributed by atoms with Gasteiger partial charge in [0, 0.05) is 67.0 Å². The Bertz CT molecular complexity index is 4080. The van der Waals surface area contributed by atoms with Gasteiger partial charge in [0.1, 0.15) is 94.4 Å². The molecular formula is C67H87Cl3I2N12O16Si. The molecule has 3 aliphatic heterocycles. The minimum atomic E-state index is -1.88. The van der Waals surface area contributed by atoms with E-state index in [1.807, 2.05) is 97.5 Å². The molecule has 0 aliphatic carbocycles. The van der Waals surface area contributed by atoms with Gasteiger partial charge in [-0.15, -0.1) is 11.6 Å². The van der Waals surface area contributed by atoms with Crippen molar-refractivity contribution in [2.24, 2.45) is 10.8 Å². The van der Waals surface area contributed by atoms with Crippen LogP contribution in [0.5, 0.6) is 11.5 Å². The predicted octanol–water partition coefficient (Wildman–Crippen LogP) is 13.9. The molecule has 2 aromatic carbocycles. The smallest absolute Gasteiger partial charge is 0.276 e. The number of aromatic nitrogens is 9. The third-order valence-electron chi connectivity index (χ3n) is 18.6. The van der Waals surface area contributed by atoms with Crippen molar-refractivity contribution in [3.63, 3.8) is 0 Å². The average molecular weight is 1700 g/mol. The average Bonchev–Trinajstić information content (AvgIpc) is 1.67. The van der Waals surface area contributed by atoms with Gasteiger partial charge in [-0.1, -0.05) is 92.4 Å². The van der Waals surface area contributed by atoms with Crippen molar-refractivity contribution in [3.8, 4) is 11.5 Å². The highest BCUT2D eigenvalue weighted by Crippen LogP contribution is 2.48. The first-order chi connectivity index (χ1) is 47.5. The number of fused-ring (bicyclic) bond motifs is 3. The van der Waals surface area contributed by atoms with Crippen molar-refractivity contribution in [1.82, 2.24) is 43.6 Å². The van der Waals surface area contributed by atoms with Crippen molar-refractivity contribution >= 4 is 139 Å². The summed E-state index contributed by atoms with van der Waals surface area (Å²) < 4.78 is 55.2. The quantitative estimate of drug-likeness (QED) is 0.0111. The molecule has 3 fully saturated rings. The Labute approximate surface area is 627 Å². The number of hydrogen-bond donors (Lipinski definition) is 5. The second kappa shape index (κ2) is 32.6. The van der Waals surface area contributed by atoms with Gasteiger partial charge in [-0.25, -0.2) is 29.9 Å². The zero-order valence-electron chi connectivity index (χ0n) is 58.6. The fraction of sp³-hybridized carbons (Fsp3) is 0.552. The summed E-state index contributed by atoms with van der Waals surface area (Å²) in [5.41, 5.74) is 9.84. The van der Waals surface area contributed by atoms with Crippen molar-refractivity contribution in [3.05, 3.63) is 127 Å². The molecule has 28 nitrogen and oxygen atoms in total. The molecule has 34 heteroatoms. The second-order valence-corrected chi connectivity index (χ2v) is 36.7. The van der Waals surface area contributed by atoms with Gasteiger partial charge in [0.05, 0.1) is 122 Å². The topological polar surface area (TPSA) is 359 Å². The number of ether oxygens (including phenoxy) is 7. The van der Waals surface area contributed by atoms with E-state index in [4.69, 9.17) is 78.1 Å². The van der Waals surface area contributed by atoms with E-state index in [1.165, 1.54) is 45.3 Å². The summed E-state index contributed by atoms with van der Waals surface area (Å²) in [5.74, 6) is 1.63. The number of nitro benzene ring substituents is 2. The van der Waals surface area contributed by atoms with Crippen LogP contribution in [0.1, 0.15) is 154 Å². The van der Waals surface area contributed by atoms with Crippen LogP contribution in [0.2, 0.25) is 28.4 Å². The number of rotatable bonds is 21. The number of aliphatic hydroxyl groups excluding tert-OH is 4. The fourth-order valence-electron chi connectivity index (χ4n) is 12.5. The minimum Gasteiger partial charge on any atom is -0.496 e. The number of hydrogen-bond acceptors (Lipinski definition) is 23. The highest BCUT2D eigenvalue weighted by molar-refractivity contribution is 14.1. The molecule has 11 rings (SSSR count). The van der Waals surface area contributed by atoms with Crippen LogP contribution < -0.4 is 15.2 Å². The van der Waals surface area contributed by atoms with Gasteiger partial charge < -0.3 is 77.4 Å². The molecule has 3 saturated heterocycles. The van der Waals surface area contributed by atoms with Crippen LogP contribution in [0.3, 0.4) is 0 Å². The molecule has 3 unspecified atom stereocenters. The number of alkyl halides is 1. The van der Waals surface area contributed by atoms with Crippen LogP contribution in [0.4, 0.5) is 17.2 Å². The highest BCUT2D eigenvalue weighted by atomic mass is 127. The number of nitro groups is 2. The monoisotopic (exact) mass is 1700 g/mol. The summed E-state index contributed by atoms with van der Waals surface area (Å²) in [7, 11) is 1.15. The number of halogens is 5. The second-order valence-electron chi connectivity index (χ2n) is 28.6. The maximum atomic E-state index is 11.9. The van der Waals surface area contributed by atoms with Crippen molar-refractivity contribution in [2.75, 3.05) is 33.2 Å². The van der Waals surface area contributed by atoms with Gasteiger partial charge >= 0.3 is 0 Å². The van der Waals surface area contributed by atoms with Crippen LogP contribution in [-0.4, -0.2) is 146 Å². The van der Waals surface area contributed by atoms with Gasteiger partial charge in [0.2, 0.25) is 0 Å². The molecule has 9 heterocycles. The molecule has 11 atom stereocenters. The molecular weight excluding hydrogens is 1620 g/mol. The van der Waals surface area contributed by atoms with Gasteiger partial charge in [0.25, 0.3) is 11.4 Å². The predicted molar refractivity (Wildman–Crippen MR) is 399 cm³/mol. The van der Waals surface area contributed by atoms with Crippen molar-refractivity contribution in [1.29, 1.82) is 0 Å². The van der Waals surface area contributed by atoms with E-state index in [2.05, 4.69) is 70.7 Å². The maximum absolute atomic E-state index is 11.9. The number of nitrogens with zero attached hydrogens (tertiary/aromatic N) is 11. The summed E-state index contributed by atoms with van der Waals surface area (Å²) in [6.07, 6.45) is 6.35. The van der Waals surface area contributed by atoms with E-state index < -0.39 is 78.1 Å². The van der Waals surface area contributed by atoms with Crippen LogP contribution >= 0.6 is 80.0 Å². The van der Waals surface area contributed by atoms with E-state index in [0.29, 0.717) is 74.0 Å². The Morgan fingerprint density at radius 3 is 1.40 bits per heavy atom. The van der Waals surface area contributed by atoms with Crippen molar-refractivity contribution < 1.29 is 67.9 Å². The number of anilines is 1. The number of methoxy groups -OCH3 is 2. The number of benzene rings is 2. The summed E-state index contributed by atoms with van der Waals surface area (Å²) in [4.78, 5) is 48.6. The fourth-order valence-corrected chi connectivity index (χ4v) is 15.9. The number of nitrogens with two attached hydrogens (primary N) is 1. The minimum absolute atomic E-state index is 0.0443. The molecule has 0 amide bonds. The lowest BCUT2D eigenvalue weighted by Gasteiger charge is -2.39. The lowest BCUT2D eigenvalue weighted by Crippen LogP contribution is -2.45. The molecule has 6 aromatic heterocycles. The Kier molecular flexibility index (Phi) is 25.7. The van der Waals surface area contributed by atoms with Crippen LogP contribution in [0.15, 0.2) is 61.8 Å². The lowest BCUT2D eigenvalue weighted by molar-refractivity contribution is -0.386. The van der Waals surface area contributed by atoms with Gasteiger partial charge in [-0.3, -0.25) is 20.2 Å². The van der Waals surface area contributed by atoms with Crippen LogP contribution in [-0.2, 0) is 47.2 Å². The molecule has 6 N–H and O–H groups in total. The zero-order chi connectivity index (χ0) is 74.1. The van der Waals surface area contributed by atoms with E-state index in [0.717, 1.165) is 29.4 Å². The Morgan fingerprint density at radius 1 is 0.634 bits per heavy atom. The molecule has 3 aliphatic rings. The Hall–Kier alpha value is -5.35. The van der Waals surface area contributed by atoms with Crippen molar-refractivity contribution in [2.45, 2.75) is 200 Å². The zero-order valence-corrected chi connectivity index (χ0v) is 66.1. The molecule has 0 bridgehead atoms. The SMILES string of the molecule is CC[C@H]1O[C@@H](n2cc(CCl)c3c(Cl)ncnc32)CC1O[Si](C)(C)C(C)(C)C.COc1cc([C@@H](OCc2cn([C@H]3CC(O)[C@@H](CO)O3)c3ncnc(Cl)c23)C(C)(C)C)c([N+](=O)[O-])cc1I.COc1cc([C@@H](OCc2cn([C@H]3CC(O)[C@@H](CO)O3)c3ncnc(N)c23)C(C)(C)C)c([N+](=O)[O-])cc1I. The first-order valence-corrected chi connectivity index (χ1v) is 39.0. The third-order valence-corrected chi connectivity index (χ3v) is 25.7. The molecule has 0 spiro atoms. The summed E-state index contributed by atoms with van der Waals surface area (Å²) in [5, 5.41) is 66.1. The van der Waals surface area contributed by atoms with E-state index in [1.54, 1.807) is 33.7 Å². The van der Waals surface area contributed by atoms with Gasteiger partial charge in [-0.05, 0) is 98.3 Å². The largest absolute Gasteiger partial charge is 0.496 e. The summed E-state index contributed by atoms with van der Waals surface area (Å²) >= 11 is 22.9. The van der Waals surface area contributed by atoms with Crippen LogP contribution in [0.25, 0.3) is 33.1 Å². The molecule has 101 heavy (non-hydrogen) atoms. The van der Waals surface area contributed by atoms with Crippen LogP contribution in [0, 0.1) is 38.2 Å². The van der Waals surface area contributed by atoms with E-state index >= 15 is 0 Å².